The first-order valence-electron chi connectivity index (χ1n) is 14.5. The minimum absolute atomic E-state index is 0.887. The van der Waals surface area contributed by atoms with Crippen LogP contribution in [0.15, 0.2) is 156 Å². The zero-order valence-electron chi connectivity index (χ0n) is 23.2. The lowest BCUT2D eigenvalue weighted by atomic mass is 10.0. The van der Waals surface area contributed by atoms with E-state index in [-0.39, 0.29) is 0 Å². The molecule has 0 aliphatic carbocycles. The van der Waals surface area contributed by atoms with Crippen molar-refractivity contribution in [3.8, 4) is 11.1 Å². The number of nitrogens with zero attached hydrogens (tertiary/aromatic N) is 1. The lowest BCUT2D eigenvalue weighted by Crippen LogP contribution is -2.10. The van der Waals surface area contributed by atoms with Crippen LogP contribution in [0.2, 0.25) is 0 Å². The largest absolute Gasteiger partial charge is 0.456 e. The fourth-order valence-electron chi connectivity index (χ4n) is 6.44. The number of furan rings is 1. The summed E-state index contributed by atoms with van der Waals surface area (Å²) in [4.78, 5) is 2.38. The first kappa shape index (κ1) is 24.2. The highest BCUT2D eigenvalue weighted by Gasteiger charge is 2.20. The van der Waals surface area contributed by atoms with Crippen LogP contribution >= 0.6 is 11.3 Å². The summed E-state index contributed by atoms with van der Waals surface area (Å²) >= 11 is 1.87. The number of benzene rings is 7. The third kappa shape index (κ3) is 3.86. The smallest absolute Gasteiger partial charge is 0.137 e. The zero-order valence-corrected chi connectivity index (χ0v) is 24.0. The molecule has 9 rings (SSSR count). The van der Waals surface area contributed by atoms with Gasteiger partial charge in [-0.15, -0.1) is 11.3 Å². The number of fused-ring (bicyclic) bond motifs is 8. The highest BCUT2D eigenvalue weighted by molar-refractivity contribution is 7.26. The van der Waals surface area contributed by atoms with E-state index in [0.29, 0.717) is 0 Å². The highest BCUT2D eigenvalue weighted by Crippen LogP contribution is 2.47. The van der Waals surface area contributed by atoms with Gasteiger partial charge in [0.05, 0.1) is 5.69 Å². The van der Waals surface area contributed by atoms with Crippen LogP contribution in [-0.4, -0.2) is 0 Å². The van der Waals surface area contributed by atoms with Crippen LogP contribution in [0, 0.1) is 0 Å². The Morgan fingerprint density at radius 2 is 1.16 bits per heavy atom. The van der Waals surface area contributed by atoms with E-state index in [4.69, 9.17) is 4.42 Å². The monoisotopic (exact) mass is 567 g/mol. The summed E-state index contributed by atoms with van der Waals surface area (Å²) in [5.74, 6) is 0. The summed E-state index contributed by atoms with van der Waals surface area (Å²) in [5, 5.41) is 7.39. The highest BCUT2D eigenvalue weighted by atomic mass is 32.1. The number of para-hydroxylation sites is 1. The van der Waals surface area contributed by atoms with Crippen molar-refractivity contribution in [3.05, 3.63) is 152 Å². The van der Waals surface area contributed by atoms with E-state index in [9.17, 15) is 0 Å². The maximum Gasteiger partial charge on any atom is 0.137 e. The topological polar surface area (TPSA) is 16.4 Å². The first-order valence-corrected chi connectivity index (χ1v) is 15.3. The normalized spacial score (nSPS) is 11.7. The fourth-order valence-corrected chi connectivity index (χ4v) is 7.69. The summed E-state index contributed by atoms with van der Waals surface area (Å²) in [6, 6.07) is 54.2. The van der Waals surface area contributed by atoms with Gasteiger partial charge in [-0.3, -0.25) is 0 Å². The lowest BCUT2D eigenvalue weighted by Gasteiger charge is -2.26. The van der Waals surface area contributed by atoms with Crippen molar-refractivity contribution in [1.29, 1.82) is 0 Å². The molecule has 43 heavy (non-hydrogen) atoms. The molecular weight excluding hydrogens is 543 g/mol. The molecule has 0 saturated heterocycles. The van der Waals surface area contributed by atoms with Crippen molar-refractivity contribution in [2.75, 3.05) is 4.90 Å². The van der Waals surface area contributed by atoms with Crippen LogP contribution in [-0.2, 0) is 0 Å². The number of hydrogen-bond acceptors (Lipinski definition) is 3. The SMILES string of the molecule is c1ccc(-c2ccc(N(c3ccc4c(c3)oc3ccccc34)c3cccc4sc5c6ccccc6ccc5c34)cc2)cc1. The molecule has 0 N–H and O–H groups in total. The maximum absolute atomic E-state index is 6.36. The molecule has 2 aromatic heterocycles. The zero-order chi connectivity index (χ0) is 28.3. The number of anilines is 3. The van der Waals surface area contributed by atoms with Gasteiger partial charge in [0, 0.05) is 48.4 Å². The van der Waals surface area contributed by atoms with Gasteiger partial charge in [0.25, 0.3) is 0 Å². The Bertz CT molecular complexity index is 2450. The predicted molar refractivity (Wildman–Crippen MR) is 184 cm³/mol. The van der Waals surface area contributed by atoms with Gasteiger partial charge in [-0.2, -0.15) is 0 Å². The van der Waals surface area contributed by atoms with Gasteiger partial charge in [0.2, 0.25) is 0 Å². The van der Waals surface area contributed by atoms with Crippen molar-refractivity contribution in [3.63, 3.8) is 0 Å². The summed E-state index contributed by atoms with van der Waals surface area (Å²) in [5.41, 5.74) is 7.52. The minimum atomic E-state index is 0.887. The van der Waals surface area contributed by atoms with Gasteiger partial charge in [0.1, 0.15) is 11.2 Å². The number of hydrogen-bond donors (Lipinski definition) is 0. The second kappa shape index (κ2) is 9.59. The molecule has 0 amide bonds. The summed E-state index contributed by atoms with van der Waals surface area (Å²) in [6.45, 7) is 0. The molecular formula is C40H25NOS. The second-order valence-electron chi connectivity index (χ2n) is 10.9. The molecule has 0 atom stereocenters. The first-order chi connectivity index (χ1) is 21.3. The lowest BCUT2D eigenvalue weighted by molar-refractivity contribution is 0.669. The van der Waals surface area contributed by atoms with Crippen LogP contribution in [0.25, 0.3) is 64.0 Å². The summed E-state index contributed by atoms with van der Waals surface area (Å²) in [7, 11) is 0. The molecule has 0 bridgehead atoms. The fraction of sp³-hybridized carbons (Fsp3) is 0. The van der Waals surface area contributed by atoms with Crippen LogP contribution in [0.4, 0.5) is 17.1 Å². The van der Waals surface area contributed by atoms with Crippen molar-refractivity contribution in [2.24, 2.45) is 0 Å². The molecule has 2 nitrogen and oxygen atoms in total. The minimum Gasteiger partial charge on any atom is -0.456 e. The van der Waals surface area contributed by atoms with E-state index in [1.807, 2.05) is 23.5 Å². The van der Waals surface area contributed by atoms with Gasteiger partial charge < -0.3 is 9.32 Å². The molecule has 0 unspecified atom stereocenters. The summed E-state index contributed by atoms with van der Waals surface area (Å²) < 4.78 is 8.96. The number of rotatable bonds is 4. The van der Waals surface area contributed by atoms with Crippen molar-refractivity contribution >= 4 is 81.3 Å². The summed E-state index contributed by atoms with van der Waals surface area (Å²) in [6.07, 6.45) is 0. The quantitative estimate of drug-likeness (QED) is 0.210. The third-order valence-corrected chi connectivity index (χ3v) is 9.66. The molecule has 0 fully saturated rings. The second-order valence-corrected chi connectivity index (χ2v) is 12.0. The Balaban J connectivity index is 1.30. The van der Waals surface area contributed by atoms with E-state index in [1.54, 1.807) is 0 Å². The van der Waals surface area contributed by atoms with E-state index in [0.717, 1.165) is 39.0 Å². The Kier molecular flexibility index (Phi) is 5.40. The van der Waals surface area contributed by atoms with Crippen molar-refractivity contribution in [1.82, 2.24) is 0 Å². The molecule has 3 heteroatoms. The molecule has 2 heterocycles. The predicted octanol–water partition coefficient (Wildman–Crippen LogP) is 12.2. The van der Waals surface area contributed by atoms with E-state index in [2.05, 4.69) is 144 Å². The molecule has 0 radical (unpaired) electrons. The average molecular weight is 568 g/mol. The molecule has 9 aromatic rings. The molecule has 0 aliphatic heterocycles. The van der Waals surface area contributed by atoms with Gasteiger partial charge in [-0.25, -0.2) is 0 Å². The molecule has 202 valence electrons. The van der Waals surface area contributed by atoms with Crippen LogP contribution < -0.4 is 4.90 Å². The van der Waals surface area contributed by atoms with Gasteiger partial charge in [0.15, 0.2) is 0 Å². The average Bonchev–Trinajstić information content (AvgIpc) is 3.64. The standard InChI is InChI=1S/C40H25NOS/c1-2-9-26(10-3-1)27-17-20-29(21-18-27)41(30-22-24-33-32-13-6-7-15-36(32)42-37(33)25-30)35-14-8-16-38-39(35)34-23-19-28-11-4-5-12-31(28)40(34)43-38/h1-25H. The van der Waals surface area contributed by atoms with Crippen LogP contribution in [0.3, 0.4) is 0 Å². The third-order valence-electron chi connectivity index (χ3n) is 8.46. The molecule has 0 saturated carbocycles. The van der Waals surface area contributed by atoms with Crippen molar-refractivity contribution < 1.29 is 4.42 Å². The van der Waals surface area contributed by atoms with Gasteiger partial charge in [-0.05, 0) is 64.4 Å². The van der Waals surface area contributed by atoms with Crippen LogP contribution in [0.1, 0.15) is 0 Å². The van der Waals surface area contributed by atoms with Gasteiger partial charge >= 0.3 is 0 Å². The Morgan fingerprint density at radius 3 is 2.05 bits per heavy atom. The van der Waals surface area contributed by atoms with E-state index >= 15 is 0 Å². The van der Waals surface area contributed by atoms with E-state index < -0.39 is 0 Å². The van der Waals surface area contributed by atoms with Crippen molar-refractivity contribution in [2.45, 2.75) is 0 Å². The van der Waals surface area contributed by atoms with Crippen LogP contribution in [0.5, 0.6) is 0 Å². The Labute approximate surface area is 252 Å². The Hall–Kier alpha value is -5.38. The molecule has 0 aliphatic rings. The van der Waals surface area contributed by atoms with E-state index in [1.165, 1.54) is 42.1 Å². The number of thiophene rings is 1. The molecule has 0 spiro atoms. The maximum atomic E-state index is 6.36. The Morgan fingerprint density at radius 1 is 0.465 bits per heavy atom. The van der Waals surface area contributed by atoms with Gasteiger partial charge in [-0.1, -0.05) is 103 Å². The molecule has 7 aromatic carbocycles.